The van der Waals surface area contributed by atoms with Crippen molar-refractivity contribution in [2.45, 2.75) is 39.5 Å². The molecule has 0 saturated carbocycles. The van der Waals surface area contributed by atoms with E-state index < -0.39 is 0 Å². The predicted molar refractivity (Wildman–Crippen MR) is 245 cm³/mol. The fourth-order valence-corrected chi connectivity index (χ4v) is 7.38. The molecule has 0 saturated heterocycles. The minimum atomic E-state index is 0.424. The summed E-state index contributed by atoms with van der Waals surface area (Å²) < 4.78 is 36.5. The van der Waals surface area contributed by atoms with Gasteiger partial charge in [-0.05, 0) is 36.3 Å². The summed E-state index contributed by atoms with van der Waals surface area (Å²) in [5, 5.41) is 0. The van der Waals surface area contributed by atoms with E-state index in [1.807, 2.05) is 78.9 Å². The van der Waals surface area contributed by atoms with Crippen molar-refractivity contribution in [2.75, 3.05) is 41.7 Å². The van der Waals surface area contributed by atoms with Crippen LogP contribution in [0, 0.1) is 12.3 Å². The molecule has 0 radical (unpaired) electrons. The number of nitrogens with zero attached hydrogens (tertiary/aromatic N) is 3. The summed E-state index contributed by atoms with van der Waals surface area (Å²) in [7, 11) is 6.44. The Bertz CT molecular complexity index is 2550. The molecule has 0 fully saturated rings. The zero-order valence-corrected chi connectivity index (χ0v) is 39.2. The molecule has 4 heterocycles. The van der Waals surface area contributed by atoms with Crippen molar-refractivity contribution in [1.82, 2.24) is 9.97 Å². The molecule has 2 aromatic carbocycles. The van der Waals surface area contributed by atoms with Gasteiger partial charge in [-0.1, -0.05) is 33.3 Å². The van der Waals surface area contributed by atoms with Crippen molar-refractivity contribution in [3.63, 3.8) is 0 Å². The number of hydrogen-bond acceptors (Lipinski definition) is 10. The van der Waals surface area contributed by atoms with Crippen molar-refractivity contribution in [1.29, 1.82) is 0 Å². The maximum absolute atomic E-state index is 6.70. The van der Waals surface area contributed by atoms with Crippen LogP contribution in [0.2, 0.25) is 0 Å². The minimum absolute atomic E-state index is 0.424. The number of aliphatic imine (C=N–C) groups is 2. The van der Waals surface area contributed by atoms with E-state index in [2.05, 4.69) is 31.3 Å². The van der Waals surface area contributed by atoms with Crippen molar-refractivity contribution in [3.05, 3.63) is 143 Å². The number of H-pyrrole nitrogens is 1. The number of methoxy groups -OCH3 is 4. The molecule has 0 atom stereocenters. The molecule has 0 aliphatic carbocycles. The topological polar surface area (TPSA) is 135 Å². The van der Waals surface area contributed by atoms with Crippen LogP contribution in [0.5, 0.6) is 34.5 Å². The number of nitrogens with two attached hydrogens (primary N) is 1. The summed E-state index contributed by atoms with van der Waals surface area (Å²) in [6, 6.07) is 17.5. The van der Waals surface area contributed by atoms with Gasteiger partial charge in [-0.2, -0.15) is 0 Å². The van der Waals surface area contributed by atoms with Crippen molar-refractivity contribution in [3.8, 4) is 46.8 Å². The third-order valence-corrected chi connectivity index (χ3v) is 11.4. The fourth-order valence-electron chi connectivity index (χ4n) is 6.96. The second-order valence-corrected chi connectivity index (χ2v) is 15.6. The molecule has 62 heavy (non-hydrogen) atoms. The van der Waals surface area contributed by atoms with Crippen LogP contribution in [0.25, 0.3) is 16.7 Å². The zero-order chi connectivity index (χ0) is 44.2. The first-order valence-electron chi connectivity index (χ1n) is 20.4. The van der Waals surface area contributed by atoms with E-state index in [0.29, 0.717) is 81.8 Å². The number of allylic oxidation sites excluding steroid dienone is 6. The van der Waals surface area contributed by atoms with E-state index in [1.54, 1.807) is 40.7 Å². The third kappa shape index (κ3) is 9.75. The van der Waals surface area contributed by atoms with Gasteiger partial charge in [0.05, 0.1) is 20.8 Å². The van der Waals surface area contributed by atoms with Gasteiger partial charge in [0.25, 0.3) is 0 Å². The molecule has 0 bridgehead atoms. The molecule has 12 heteroatoms. The van der Waals surface area contributed by atoms with E-state index in [1.165, 1.54) is 0 Å². The first-order chi connectivity index (χ1) is 30.2. The molecule has 4 aromatic rings. The first kappa shape index (κ1) is 44.8. The van der Waals surface area contributed by atoms with E-state index in [9.17, 15) is 0 Å². The molecule has 6 rings (SSSR count). The standard InChI is InChI=1S/C50H51N5O6.Zn/c1-9-13-26-60-49-42(56-5)28-32(29-43(49)57-6)46(35(51)12-4)37-21-23-40(54-37)48(36-18-15-16-25-52-36)41-24-22-39(55-41)47(38-20-19-34(53-38)17-11-3)33-30-44(58-7)50(45(31-33)59-8)61-27-14-10-2;/h3,12,15-16,18-25,28-31,55H,4,9-10,13-14,26-27,51H2,1-2,5-8H3;/b46-35-,47-38-,48-40-;. The van der Waals surface area contributed by atoms with Gasteiger partial charge < -0.3 is 19.9 Å². The Labute approximate surface area is 373 Å². The first-order valence-corrected chi connectivity index (χ1v) is 21.9. The summed E-state index contributed by atoms with van der Waals surface area (Å²) in [6.07, 6.45) is 20.8. The van der Waals surface area contributed by atoms with Gasteiger partial charge >= 0.3 is 236 Å². The summed E-state index contributed by atoms with van der Waals surface area (Å²) in [4.78, 5) is 18.7. The Morgan fingerprint density at radius 3 is 1.76 bits per heavy atom. The van der Waals surface area contributed by atoms with Crippen LogP contribution in [0.15, 0.2) is 125 Å². The van der Waals surface area contributed by atoms with Crippen LogP contribution in [0.1, 0.15) is 67.7 Å². The molecule has 2 aromatic heterocycles. The molecule has 2 aliphatic rings. The Kier molecular flexibility index (Phi) is 15.3. The van der Waals surface area contributed by atoms with E-state index in [0.717, 1.165) is 87.0 Å². The van der Waals surface area contributed by atoms with Gasteiger partial charge in [-0.15, -0.1) is 0 Å². The summed E-state index contributed by atoms with van der Waals surface area (Å²) in [5.74, 6) is 5.94. The van der Waals surface area contributed by atoms with Crippen LogP contribution in [0.3, 0.4) is 0 Å². The number of aromatic amines is 1. The second-order valence-electron chi connectivity index (χ2n) is 14.2. The van der Waals surface area contributed by atoms with Crippen LogP contribution in [-0.2, 0) is 17.9 Å². The quantitative estimate of drug-likeness (QED) is 0.0389. The fraction of sp³-hybridized carbons (Fsp3) is 0.240. The maximum atomic E-state index is 6.70. The van der Waals surface area contributed by atoms with Crippen LogP contribution in [-0.4, -0.2) is 67.2 Å². The molecular formula is C50H51N5O6Zn. The molecule has 2 aliphatic heterocycles. The molecule has 0 amide bonds. The normalized spacial score (nSPS) is 15.0. The van der Waals surface area contributed by atoms with Crippen molar-refractivity contribution in [2.24, 2.45) is 15.7 Å². The van der Waals surface area contributed by atoms with Gasteiger partial charge in [0, 0.05) is 11.3 Å². The molecule has 0 spiro atoms. The predicted octanol–water partition coefficient (Wildman–Crippen LogP) is 9.25. The van der Waals surface area contributed by atoms with Crippen LogP contribution < -0.4 is 34.2 Å². The van der Waals surface area contributed by atoms with Crippen LogP contribution in [0.4, 0.5) is 0 Å². The number of benzene rings is 2. The Hall–Kier alpha value is -6.70. The van der Waals surface area contributed by atoms with Gasteiger partial charge in [0.1, 0.15) is 0 Å². The number of nitrogens with one attached hydrogen (secondary N) is 1. The van der Waals surface area contributed by atoms with E-state index in [-0.39, 0.29) is 0 Å². The van der Waals surface area contributed by atoms with Gasteiger partial charge in [0.15, 0.2) is 11.5 Å². The zero-order valence-electron chi connectivity index (χ0n) is 36.3. The number of unbranched alkanes of at least 4 members (excludes halogenated alkanes) is 2. The van der Waals surface area contributed by atoms with Crippen molar-refractivity contribution >= 4 is 32.2 Å². The molecule has 314 valence electrons. The van der Waals surface area contributed by atoms with E-state index >= 15 is 0 Å². The summed E-state index contributed by atoms with van der Waals surface area (Å²) >= 11 is 0.798. The van der Waals surface area contributed by atoms with Crippen molar-refractivity contribution < 1.29 is 46.3 Å². The van der Waals surface area contributed by atoms with E-state index in [4.69, 9.17) is 55.5 Å². The number of pyridine rings is 1. The SMILES string of the molecule is C#C[C](=[Zn])C1=N/C(=C(/c2cc(OC)c(OCCCC)c(OC)c2)c2ccc(/C(=C3/C=CC(C(=C(\N)C=C)/c4cc(OC)c(OCCCC)c(OC)c4)=N3)c3ccccn3)[nH]2)C=C1. The monoisotopic (exact) mass is 881 g/mol. The number of terminal acetylenes is 1. The Balaban J connectivity index is 1.52. The Morgan fingerprint density at radius 2 is 1.26 bits per heavy atom. The second kappa shape index (κ2) is 21.2. The molecule has 0 unspecified atom stereocenters. The number of hydrogen-bond donors (Lipinski definition) is 2. The third-order valence-electron chi connectivity index (χ3n) is 10.2. The molecule has 3 N–H and O–H groups in total. The molecular weight excluding hydrogens is 832 g/mol. The summed E-state index contributed by atoms with van der Waals surface area (Å²) in [6.45, 7) is 9.28. The Morgan fingerprint density at radius 1 is 0.742 bits per heavy atom. The summed E-state index contributed by atoms with van der Waals surface area (Å²) in [5.41, 5.74) is 15.9. The number of aromatic nitrogens is 2. The van der Waals surface area contributed by atoms with Crippen LogP contribution >= 0.6 is 0 Å². The van der Waals surface area contributed by atoms with Gasteiger partial charge in [-0.3, -0.25) is 0 Å². The number of ether oxygens (including phenoxy) is 6. The van der Waals surface area contributed by atoms with Gasteiger partial charge in [-0.25, -0.2) is 0 Å². The van der Waals surface area contributed by atoms with Gasteiger partial charge in [0.2, 0.25) is 5.75 Å². The number of rotatable bonds is 20. The average Bonchev–Trinajstić information content (AvgIpc) is 4.10. The average molecular weight is 883 g/mol. The molecule has 11 nitrogen and oxygen atoms in total.